The number of fused-ring (bicyclic) bond motifs is 1. The Morgan fingerprint density at radius 2 is 1.79 bits per heavy atom. The van der Waals surface area contributed by atoms with Gasteiger partial charge in [0.1, 0.15) is 0 Å². The molecule has 2 aliphatic heterocycles. The number of piperazine rings is 1. The van der Waals surface area contributed by atoms with E-state index >= 15 is 0 Å². The van der Waals surface area contributed by atoms with Gasteiger partial charge in [-0.1, -0.05) is 36.4 Å². The van der Waals surface area contributed by atoms with Crippen LogP contribution in [-0.4, -0.2) is 76.7 Å². The minimum absolute atomic E-state index is 0. The van der Waals surface area contributed by atoms with Gasteiger partial charge in [-0.05, 0) is 33.7 Å². The topological polar surface area (TPSA) is 77.8 Å². The van der Waals surface area contributed by atoms with Gasteiger partial charge in [0.25, 0.3) is 0 Å². The Balaban J connectivity index is 0.00000259. The lowest BCUT2D eigenvalue weighted by molar-refractivity contribution is 0.0988. The van der Waals surface area contributed by atoms with Gasteiger partial charge in [0, 0.05) is 39.8 Å². The van der Waals surface area contributed by atoms with E-state index in [1.807, 2.05) is 16.8 Å². The van der Waals surface area contributed by atoms with E-state index in [2.05, 4.69) is 61.7 Å². The van der Waals surface area contributed by atoms with Crippen molar-refractivity contribution in [2.24, 2.45) is 0 Å². The highest BCUT2D eigenvalue weighted by Crippen LogP contribution is 2.33. The maximum absolute atomic E-state index is 5.53. The van der Waals surface area contributed by atoms with Gasteiger partial charge in [0.2, 0.25) is 6.79 Å². The number of rotatable bonds is 8. The van der Waals surface area contributed by atoms with Crippen molar-refractivity contribution in [2.45, 2.75) is 19.1 Å². The normalized spacial score (nSPS) is 17.0. The minimum Gasteiger partial charge on any atom is -0.454 e. The van der Waals surface area contributed by atoms with E-state index in [1.54, 1.807) is 7.11 Å². The molecule has 0 bridgehead atoms. The highest BCUT2D eigenvalue weighted by atomic mass is 35.5. The fourth-order valence-electron chi connectivity index (χ4n) is 4.38. The highest BCUT2D eigenvalue weighted by Gasteiger charge is 2.30. The van der Waals surface area contributed by atoms with Gasteiger partial charge in [-0.15, -0.1) is 17.5 Å². The molecule has 5 rings (SSSR count). The molecule has 1 atom stereocenters. The lowest BCUT2D eigenvalue weighted by Gasteiger charge is -2.39. The molecule has 1 saturated heterocycles. The second-order valence-electron chi connectivity index (χ2n) is 8.07. The van der Waals surface area contributed by atoms with Gasteiger partial charge in [0.05, 0.1) is 19.2 Å². The molecule has 3 aromatic rings. The monoisotopic (exact) mass is 472 g/mol. The van der Waals surface area contributed by atoms with Gasteiger partial charge in [-0.2, -0.15) is 0 Å². The summed E-state index contributed by atoms with van der Waals surface area (Å²) in [6.07, 6.45) is 0. The van der Waals surface area contributed by atoms with Crippen molar-refractivity contribution in [3.8, 4) is 11.5 Å². The summed E-state index contributed by atoms with van der Waals surface area (Å²) in [6, 6.07) is 16.7. The number of methoxy groups -OCH3 is 1. The summed E-state index contributed by atoms with van der Waals surface area (Å²) in [5.41, 5.74) is 2.44. The Morgan fingerprint density at radius 1 is 1.00 bits per heavy atom. The molecule has 9 nitrogen and oxygen atoms in total. The van der Waals surface area contributed by atoms with Crippen molar-refractivity contribution < 1.29 is 14.2 Å². The first-order valence-corrected chi connectivity index (χ1v) is 11.0. The number of hydrogen-bond donors (Lipinski definition) is 0. The predicted octanol–water partition coefficient (Wildman–Crippen LogP) is 2.38. The first-order chi connectivity index (χ1) is 15.8. The third-order valence-corrected chi connectivity index (χ3v) is 6.04. The molecule has 33 heavy (non-hydrogen) atoms. The van der Waals surface area contributed by atoms with E-state index in [0.717, 1.165) is 50.0 Å². The zero-order valence-corrected chi connectivity index (χ0v) is 19.5. The molecule has 0 amide bonds. The molecule has 1 fully saturated rings. The highest BCUT2D eigenvalue weighted by molar-refractivity contribution is 5.85. The van der Waals surface area contributed by atoms with Crippen molar-refractivity contribution in [2.75, 3.05) is 46.7 Å². The molecular weight excluding hydrogens is 444 g/mol. The number of tetrazole rings is 1. The first-order valence-electron chi connectivity index (χ1n) is 11.0. The summed E-state index contributed by atoms with van der Waals surface area (Å²) < 4.78 is 18.1. The standard InChI is InChI=1S/C23H28N6O3.ClH/c1-30-14-13-29-23(24-25-26-29)22(19-5-3-2-4-6-19)28-11-9-27(10-12-28)16-18-7-8-20-21(15-18)32-17-31-20;/h2-8,15,22H,9-14,16-17H2,1H3;1H. The molecule has 0 spiro atoms. The number of hydrogen-bond acceptors (Lipinski definition) is 8. The van der Waals surface area contributed by atoms with E-state index < -0.39 is 0 Å². The molecule has 176 valence electrons. The number of aromatic nitrogens is 4. The van der Waals surface area contributed by atoms with Gasteiger partial charge < -0.3 is 14.2 Å². The Labute approximate surface area is 199 Å². The maximum Gasteiger partial charge on any atom is 0.231 e. The van der Waals surface area contributed by atoms with Crippen LogP contribution >= 0.6 is 12.4 Å². The van der Waals surface area contributed by atoms with Crippen LogP contribution in [0.4, 0.5) is 0 Å². The lowest BCUT2D eigenvalue weighted by Crippen LogP contribution is -2.48. The largest absolute Gasteiger partial charge is 0.454 e. The first kappa shape index (κ1) is 23.4. The molecule has 10 heteroatoms. The van der Waals surface area contributed by atoms with E-state index in [-0.39, 0.29) is 18.4 Å². The minimum atomic E-state index is 0. The third-order valence-electron chi connectivity index (χ3n) is 6.04. The molecular formula is C23H29ClN6O3. The van der Waals surface area contributed by atoms with Gasteiger partial charge in [-0.25, -0.2) is 4.68 Å². The zero-order chi connectivity index (χ0) is 21.8. The fourth-order valence-corrected chi connectivity index (χ4v) is 4.38. The van der Waals surface area contributed by atoms with Crippen LogP contribution in [0.2, 0.25) is 0 Å². The van der Waals surface area contributed by atoms with Crippen molar-refractivity contribution >= 4 is 12.4 Å². The van der Waals surface area contributed by atoms with Gasteiger partial charge in [0.15, 0.2) is 17.3 Å². The molecule has 3 heterocycles. The van der Waals surface area contributed by atoms with E-state index in [4.69, 9.17) is 14.2 Å². The molecule has 0 radical (unpaired) electrons. The van der Waals surface area contributed by atoms with Crippen LogP contribution in [0, 0.1) is 0 Å². The molecule has 0 N–H and O–H groups in total. The van der Waals surface area contributed by atoms with Crippen LogP contribution in [-0.2, 0) is 17.8 Å². The smallest absolute Gasteiger partial charge is 0.231 e. The SMILES string of the molecule is COCCn1nnnc1C(c1ccccc1)N1CCN(Cc2ccc3c(c2)OCO3)CC1.Cl. The van der Waals surface area contributed by atoms with Crippen molar-refractivity contribution in [3.05, 3.63) is 65.5 Å². The number of benzene rings is 2. The third kappa shape index (κ3) is 5.27. The van der Waals surface area contributed by atoms with Crippen LogP contribution < -0.4 is 9.47 Å². The number of ether oxygens (including phenoxy) is 3. The molecule has 2 aliphatic rings. The summed E-state index contributed by atoms with van der Waals surface area (Å²) in [5.74, 6) is 2.53. The Kier molecular flexibility index (Phi) is 7.77. The van der Waals surface area contributed by atoms with Gasteiger partial charge >= 0.3 is 0 Å². The van der Waals surface area contributed by atoms with Crippen LogP contribution in [0.3, 0.4) is 0 Å². The average Bonchev–Trinajstić information content (AvgIpc) is 3.49. The summed E-state index contributed by atoms with van der Waals surface area (Å²) in [6.45, 7) is 6.21. The summed E-state index contributed by atoms with van der Waals surface area (Å²) in [7, 11) is 1.69. The molecule has 1 unspecified atom stereocenters. The van der Waals surface area contributed by atoms with Crippen molar-refractivity contribution in [1.82, 2.24) is 30.0 Å². The Bertz CT molecular complexity index is 1030. The lowest BCUT2D eigenvalue weighted by atomic mass is 10.0. The van der Waals surface area contributed by atoms with Crippen LogP contribution in [0.25, 0.3) is 0 Å². The Morgan fingerprint density at radius 3 is 2.58 bits per heavy atom. The molecule has 2 aromatic carbocycles. The van der Waals surface area contributed by atoms with Crippen LogP contribution in [0.15, 0.2) is 48.5 Å². The van der Waals surface area contributed by atoms with Crippen molar-refractivity contribution in [1.29, 1.82) is 0 Å². The molecule has 0 aliphatic carbocycles. The Hall–Kier alpha value is -2.72. The second kappa shape index (κ2) is 10.9. The summed E-state index contributed by atoms with van der Waals surface area (Å²) in [4.78, 5) is 4.95. The summed E-state index contributed by atoms with van der Waals surface area (Å²) >= 11 is 0. The fraction of sp³-hybridized carbons (Fsp3) is 0.435. The number of halogens is 1. The van der Waals surface area contributed by atoms with Crippen molar-refractivity contribution in [3.63, 3.8) is 0 Å². The van der Waals surface area contributed by atoms with E-state index in [0.29, 0.717) is 19.9 Å². The predicted molar refractivity (Wildman–Crippen MR) is 125 cm³/mol. The second-order valence-corrected chi connectivity index (χ2v) is 8.07. The van der Waals surface area contributed by atoms with E-state index in [1.165, 1.54) is 11.1 Å². The van der Waals surface area contributed by atoms with Crippen LogP contribution in [0.1, 0.15) is 23.0 Å². The molecule has 0 saturated carbocycles. The average molecular weight is 473 g/mol. The van der Waals surface area contributed by atoms with Gasteiger partial charge in [-0.3, -0.25) is 9.80 Å². The number of nitrogens with zero attached hydrogens (tertiary/aromatic N) is 6. The quantitative estimate of drug-likeness (QED) is 0.494. The summed E-state index contributed by atoms with van der Waals surface area (Å²) in [5, 5.41) is 12.6. The maximum atomic E-state index is 5.53. The zero-order valence-electron chi connectivity index (χ0n) is 18.7. The van der Waals surface area contributed by atoms with E-state index in [9.17, 15) is 0 Å². The molecule has 1 aromatic heterocycles. The van der Waals surface area contributed by atoms with Crippen LogP contribution in [0.5, 0.6) is 11.5 Å².